The summed E-state index contributed by atoms with van der Waals surface area (Å²) in [6, 6.07) is 0.323. The molecule has 26 heavy (non-hydrogen) atoms. The van der Waals surface area contributed by atoms with E-state index in [2.05, 4.69) is 15.2 Å². The van der Waals surface area contributed by atoms with Crippen LogP contribution in [0.5, 0.6) is 0 Å². The number of halogens is 1. The summed E-state index contributed by atoms with van der Waals surface area (Å²) in [5.41, 5.74) is -1.10. The monoisotopic (exact) mass is 362 g/mol. The molecule has 3 aliphatic rings. The molecule has 1 saturated carbocycles. The Labute approximate surface area is 154 Å². The molecule has 4 rings (SSSR count). The third-order valence-corrected chi connectivity index (χ3v) is 6.13. The molecule has 1 atom stereocenters. The van der Waals surface area contributed by atoms with Crippen molar-refractivity contribution in [3.8, 4) is 0 Å². The van der Waals surface area contributed by atoms with Crippen molar-refractivity contribution in [2.45, 2.75) is 64.2 Å². The first-order valence-corrected chi connectivity index (χ1v) is 9.60. The SMILES string of the molecule is CC1(C)OB(C(F)=Cc2cn(C3CCN(CC4CC4)C3)nn2)OC1(C)C. The maximum Gasteiger partial charge on any atom is 0.525 e. The molecule has 0 radical (unpaired) electrons. The predicted octanol–water partition coefficient (Wildman–Crippen LogP) is 2.88. The molecule has 0 N–H and O–H groups in total. The van der Waals surface area contributed by atoms with Crippen LogP contribution in [0.4, 0.5) is 4.39 Å². The molecule has 0 amide bonds. The summed E-state index contributed by atoms with van der Waals surface area (Å²) in [5, 5.41) is 8.32. The van der Waals surface area contributed by atoms with E-state index in [0.717, 1.165) is 25.4 Å². The highest BCUT2D eigenvalue weighted by Gasteiger charge is 2.53. The molecule has 0 aromatic carbocycles. The van der Waals surface area contributed by atoms with Gasteiger partial charge in [0.25, 0.3) is 0 Å². The highest BCUT2D eigenvalue weighted by Crippen LogP contribution is 2.39. The Morgan fingerprint density at radius 3 is 2.62 bits per heavy atom. The summed E-state index contributed by atoms with van der Waals surface area (Å²) < 4.78 is 27.9. The van der Waals surface area contributed by atoms with Gasteiger partial charge in [-0.05, 0) is 59.0 Å². The van der Waals surface area contributed by atoms with E-state index in [4.69, 9.17) is 9.31 Å². The molecule has 0 spiro atoms. The molecule has 142 valence electrons. The average molecular weight is 362 g/mol. The lowest BCUT2D eigenvalue weighted by Crippen LogP contribution is -2.41. The molecule has 6 nitrogen and oxygen atoms in total. The molecule has 1 aliphatic carbocycles. The van der Waals surface area contributed by atoms with Crippen LogP contribution in [-0.2, 0) is 9.31 Å². The fraction of sp³-hybridized carbons (Fsp3) is 0.778. The summed E-state index contributed by atoms with van der Waals surface area (Å²) in [6.45, 7) is 10.9. The first-order valence-electron chi connectivity index (χ1n) is 9.60. The fourth-order valence-electron chi connectivity index (χ4n) is 3.56. The Kier molecular flexibility index (Phi) is 4.48. The Morgan fingerprint density at radius 2 is 1.96 bits per heavy atom. The van der Waals surface area contributed by atoms with Crippen LogP contribution >= 0.6 is 0 Å². The number of nitrogens with zero attached hydrogens (tertiary/aromatic N) is 4. The first-order chi connectivity index (χ1) is 12.2. The van der Waals surface area contributed by atoms with Crippen LogP contribution in [0, 0.1) is 5.92 Å². The fourth-order valence-corrected chi connectivity index (χ4v) is 3.56. The van der Waals surface area contributed by atoms with Crippen molar-refractivity contribution in [1.29, 1.82) is 0 Å². The van der Waals surface area contributed by atoms with Crippen molar-refractivity contribution in [3.05, 3.63) is 17.6 Å². The van der Waals surface area contributed by atoms with Gasteiger partial charge in [0.1, 0.15) is 11.4 Å². The maximum absolute atomic E-state index is 14.6. The summed E-state index contributed by atoms with van der Waals surface area (Å²) in [7, 11) is -0.995. The van der Waals surface area contributed by atoms with Gasteiger partial charge in [-0.25, -0.2) is 9.07 Å². The molecular formula is C18H28BFN4O2. The third kappa shape index (κ3) is 3.59. The maximum atomic E-state index is 14.6. The van der Waals surface area contributed by atoms with Gasteiger partial charge in [-0.3, -0.25) is 0 Å². The van der Waals surface area contributed by atoms with Crippen LogP contribution in [0.25, 0.3) is 6.08 Å². The van der Waals surface area contributed by atoms with E-state index in [1.165, 1.54) is 25.5 Å². The van der Waals surface area contributed by atoms with Gasteiger partial charge >= 0.3 is 7.12 Å². The second kappa shape index (κ2) is 6.42. The standard InChI is InChI=1S/C18H28BFN4O2/c1-17(2)18(3,4)26-19(25-17)16(20)9-14-11-24(22-21-14)15-7-8-23(12-15)10-13-5-6-13/h9,11,13,15H,5-8,10,12H2,1-4H3. The van der Waals surface area contributed by atoms with Crippen molar-refractivity contribution in [2.24, 2.45) is 5.92 Å². The van der Waals surface area contributed by atoms with Gasteiger partial charge in [-0.1, -0.05) is 5.21 Å². The van der Waals surface area contributed by atoms with Crippen LogP contribution in [0.15, 0.2) is 11.9 Å². The van der Waals surface area contributed by atoms with Crippen LogP contribution in [0.2, 0.25) is 0 Å². The first kappa shape index (κ1) is 18.1. The zero-order chi connectivity index (χ0) is 18.5. The van der Waals surface area contributed by atoms with Crippen molar-refractivity contribution in [3.63, 3.8) is 0 Å². The van der Waals surface area contributed by atoms with E-state index in [9.17, 15) is 4.39 Å². The van der Waals surface area contributed by atoms with E-state index in [1.807, 2.05) is 38.6 Å². The Balaban J connectivity index is 1.39. The molecule has 1 aromatic rings. The van der Waals surface area contributed by atoms with Crippen molar-refractivity contribution < 1.29 is 13.7 Å². The van der Waals surface area contributed by atoms with Crippen LogP contribution in [-0.4, -0.2) is 57.8 Å². The van der Waals surface area contributed by atoms with E-state index in [-0.39, 0.29) is 0 Å². The lowest BCUT2D eigenvalue weighted by atomic mass is 9.87. The molecular weight excluding hydrogens is 334 g/mol. The number of hydrogen-bond donors (Lipinski definition) is 0. The van der Waals surface area contributed by atoms with Crippen molar-refractivity contribution >= 4 is 13.2 Å². The quantitative estimate of drug-likeness (QED) is 0.754. The lowest BCUT2D eigenvalue weighted by molar-refractivity contribution is 0.00578. The molecule has 3 heterocycles. The van der Waals surface area contributed by atoms with Crippen LogP contribution in [0.1, 0.15) is 58.7 Å². The number of likely N-dealkylation sites (tertiary alicyclic amines) is 1. The minimum atomic E-state index is -0.995. The Bertz CT molecular complexity index is 685. The number of rotatable bonds is 5. The topological polar surface area (TPSA) is 52.4 Å². The predicted molar refractivity (Wildman–Crippen MR) is 98.0 cm³/mol. The van der Waals surface area contributed by atoms with Gasteiger partial charge in [0, 0.05) is 19.6 Å². The van der Waals surface area contributed by atoms with Crippen LogP contribution in [0.3, 0.4) is 0 Å². The minimum absolute atomic E-state index is 0.323. The smallest absolute Gasteiger partial charge is 0.398 e. The number of hydrogen-bond acceptors (Lipinski definition) is 5. The van der Waals surface area contributed by atoms with Gasteiger partial charge in [-0.15, -0.1) is 5.10 Å². The van der Waals surface area contributed by atoms with Gasteiger partial charge in [0.15, 0.2) is 0 Å². The molecule has 1 aromatic heterocycles. The molecule has 2 saturated heterocycles. The van der Waals surface area contributed by atoms with E-state index < -0.39 is 24.0 Å². The molecule has 3 fully saturated rings. The number of aromatic nitrogens is 3. The second-order valence-electron chi connectivity index (χ2n) is 8.89. The van der Waals surface area contributed by atoms with Crippen LogP contribution < -0.4 is 0 Å². The summed E-state index contributed by atoms with van der Waals surface area (Å²) in [4.78, 5) is 2.50. The summed E-state index contributed by atoms with van der Waals surface area (Å²) >= 11 is 0. The van der Waals surface area contributed by atoms with E-state index in [0.29, 0.717) is 11.7 Å². The second-order valence-corrected chi connectivity index (χ2v) is 8.89. The largest absolute Gasteiger partial charge is 0.525 e. The minimum Gasteiger partial charge on any atom is -0.398 e. The van der Waals surface area contributed by atoms with Crippen molar-refractivity contribution in [1.82, 2.24) is 19.9 Å². The molecule has 8 heteroatoms. The third-order valence-electron chi connectivity index (χ3n) is 6.13. The summed E-state index contributed by atoms with van der Waals surface area (Å²) in [6.07, 6.45) is 6.99. The molecule has 1 unspecified atom stereocenters. The Hall–Kier alpha value is -1.25. The summed E-state index contributed by atoms with van der Waals surface area (Å²) in [5.74, 6) is 0.900. The van der Waals surface area contributed by atoms with Gasteiger partial charge in [0.2, 0.25) is 0 Å². The van der Waals surface area contributed by atoms with E-state index in [1.54, 1.807) is 0 Å². The zero-order valence-corrected chi connectivity index (χ0v) is 16.1. The van der Waals surface area contributed by atoms with Gasteiger partial charge in [-0.2, -0.15) is 0 Å². The molecule has 2 aliphatic heterocycles. The average Bonchev–Trinajstić information content (AvgIpc) is 2.96. The Morgan fingerprint density at radius 1 is 1.27 bits per heavy atom. The van der Waals surface area contributed by atoms with Crippen molar-refractivity contribution in [2.75, 3.05) is 19.6 Å². The normalized spacial score (nSPS) is 28.9. The lowest BCUT2D eigenvalue weighted by Gasteiger charge is -2.32. The molecule has 0 bridgehead atoms. The highest BCUT2D eigenvalue weighted by atomic mass is 19.1. The van der Waals surface area contributed by atoms with Gasteiger partial charge < -0.3 is 14.2 Å². The zero-order valence-electron chi connectivity index (χ0n) is 16.1. The van der Waals surface area contributed by atoms with Gasteiger partial charge in [0.05, 0.1) is 23.4 Å². The highest BCUT2D eigenvalue weighted by molar-refractivity contribution is 6.54. The van der Waals surface area contributed by atoms with E-state index >= 15 is 0 Å².